The molecule has 0 spiro atoms. The van der Waals surface area contributed by atoms with Crippen LogP contribution in [0.25, 0.3) is 0 Å². The van der Waals surface area contributed by atoms with E-state index in [1.165, 1.54) is 11.8 Å². The van der Waals surface area contributed by atoms with Crippen LogP contribution in [0.3, 0.4) is 0 Å². The van der Waals surface area contributed by atoms with Crippen LogP contribution in [0.5, 0.6) is 0 Å². The smallest absolute Gasteiger partial charge is 0.242 e. The summed E-state index contributed by atoms with van der Waals surface area (Å²) < 4.78 is -0.437. The number of hydrogen-bond acceptors (Lipinski definition) is 3. The monoisotopic (exact) mass is 159 g/mol. The van der Waals surface area contributed by atoms with Gasteiger partial charge in [-0.1, -0.05) is 0 Å². The fourth-order valence-electron chi connectivity index (χ4n) is 0.625. The molecule has 56 valence electrons. The van der Waals surface area contributed by atoms with E-state index in [-0.39, 0.29) is 11.8 Å². The minimum absolute atomic E-state index is 0.186. The lowest BCUT2D eigenvalue weighted by atomic mass is 10.2. The number of rotatable bonds is 0. The van der Waals surface area contributed by atoms with Crippen molar-refractivity contribution >= 4 is 23.6 Å². The first-order valence-corrected chi connectivity index (χ1v) is 3.99. The summed E-state index contributed by atoms with van der Waals surface area (Å²) in [6.07, 6.45) is 0. The van der Waals surface area contributed by atoms with Crippen molar-refractivity contribution < 1.29 is 9.59 Å². The molecule has 1 N–H and O–H groups in total. The second kappa shape index (κ2) is 2.27. The molecular formula is C6H9NO2S. The van der Waals surface area contributed by atoms with Gasteiger partial charge in [0.05, 0.1) is 10.5 Å². The first-order valence-electron chi connectivity index (χ1n) is 3.00. The standard InChI is InChI=1S/C6H9NO2S/c1-6(2)5(9)7-4(8)3-10-6/h3H2,1-2H3,(H,7,8,9). The number of imide groups is 1. The molecule has 3 nitrogen and oxygen atoms in total. The highest BCUT2D eigenvalue weighted by molar-refractivity contribution is 8.02. The summed E-state index contributed by atoms with van der Waals surface area (Å²) in [7, 11) is 0. The van der Waals surface area contributed by atoms with Gasteiger partial charge >= 0.3 is 0 Å². The van der Waals surface area contributed by atoms with Gasteiger partial charge in [0.1, 0.15) is 0 Å². The molecular weight excluding hydrogens is 150 g/mol. The van der Waals surface area contributed by atoms with E-state index in [9.17, 15) is 9.59 Å². The van der Waals surface area contributed by atoms with Gasteiger partial charge in [-0.15, -0.1) is 11.8 Å². The zero-order valence-electron chi connectivity index (χ0n) is 5.93. The second-order valence-corrected chi connectivity index (χ2v) is 4.27. The average molecular weight is 159 g/mol. The Morgan fingerprint density at radius 1 is 1.50 bits per heavy atom. The van der Waals surface area contributed by atoms with E-state index in [2.05, 4.69) is 5.32 Å². The predicted molar refractivity (Wildman–Crippen MR) is 39.7 cm³/mol. The van der Waals surface area contributed by atoms with E-state index >= 15 is 0 Å². The van der Waals surface area contributed by atoms with Crippen molar-refractivity contribution in [3.05, 3.63) is 0 Å². The van der Waals surface area contributed by atoms with Crippen molar-refractivity contribution in [3.8, 4) is 0 Å². The van der Waals surface area contributed by atoms with Gasteiger partial charge in [0, 0.05) is 0 Å². The minimum atomic E-state index is -0.437. The molecule has 0 saturated carbocycles. The second-order valence-electron chi connectivity index (χ2n) is 2.68. The molecule has 1 fully saturated rings. The van der Waals surface area contributed by atoms with Gasteiger partial charge in [-0.25, -0.2) is 0 Å². The molecule has 10 heavy (non-hydrogen) atoms. The van der Waals surface area contributed by atoms with Crippen LogP contribution in [0, 0.1) is 0 Å². The normalized spacial score (nSPS) is 24.2. The Morgan fingerprint density at radius 3 is 2.50 bits per heavy atom. The van der Waals surface area contributed by atoms with Gasteiger partial charge in [0.25, 0.3) is 0 Å². The summed E-state index contributed by atoms with van der Waals surface area (Å²) in [6.45, 7) is 3.61. The summed E-state index contributed by atoms with van der Waals surface area (Å²) >= 11 is 1.37. The molecule has 1 aliphatic rings. The van der Waals surface area contributed by atoms with Crippen LogP contribution in [-0.4, -0.2) is 22.3 Å². The van der Waals surface area contributed by atoms with E-state index in [1.807, 2.05) is 0 Å². The zero-order chi connectivity index (χ0) is 7.78. The van der Waals surface area contributed by atoms with Crippen molar-refractivity contribution in [2.24, 2.45) is 0 Å². The van der Waals surface area contributed by atoms with E-state index in [0.717, 1.165) is 0 Å². The minimum Gasteiger partial charge on any atom is -0.295 e. The fraction of sp³-hybridized carbons (Fsp3) is 0.667. The molecule has 1 heterocycles. The third-order valence-corrected chi connectivity index (χ3v) is 2.68. The van der Waals surface area contributed by atoms with Gasteiger partial charge in [0.2, 0.25) is 11.8 Å². The molecule has 0 aromatic rings. The van der Waals surface area contributed by atoms with Gasteiger partial charge in [-0.05, 0) is 13.8 Å². The van der Waals surface area contributed by atoms with Gasteiger partial charge in [-0.3, -0.25) is 14.9 Å². The van der Waals surface area contributed by atoms with E-state index in [1.54, 1.807) is 13.8 Å². The molecule has 1 saturated heterocycles. The first kappa shape index (κ1) is 7.60. The van der Waals surface area contributed by atoms with Crippen LogP contribution < -0.4 is 5.32 Å². The molecule has 0 radical (unpaired) electrons. The summed E-state index contributed by atoms with van der Waals surface area (Å²) in [5, 5.41) is 2.27. The summed E-state index contributed by atoms with van der Waals surface area (Å²) in [6, 6.07) is 0. The highest BCUT2D eigenvalue weighted by Crippen LogP contribution is 2.26. The first-order chi connectivity index (χ1) is 4.52. The molecule has 1 aliphatic heterocycles. The van der Waals surface area contributed by atoms with Crippen LogP contribution >= 0.6 is 11.8 Å². The molecule has 0 aromatic carbocycles. The lowest BCUT2D eigenvalue weighted by Crippen LogP contribution is -2.48. The fourth-order valence-corrected chi connectivity index (χ4v) is 1.37. The summed E-state index contributed by atoms with van der Waals surface area (Å²) in [5.74, 6) is 0.0155. The molecule has 0 aromatic heterocycles. The maximum atomic E-state index is 11.0. The van der Waals surface area contributed by atoms with Crippen LogP contribution in [0.1, 0.15) is 13.8 Å². The maximum Gasteiger partial charge on any atom is 0.242 e. The van der Waals surface area contributed by atoms with Crippen molar-refractivity contribution in [2.75, 3.05) is 5.75 Å². The Kier molecular flexibility index (Phi) is 1.72. The molecule has 1 rings (SSSR count). The largest absolute Gasteiger partial charge is 0.295 e. The van der Waals surface area contributed by atoms with Crippen LogP contribution in [0.2, 0.25) is 0 Å². The molecule has 0 unspecified atom stereocenters. The average Bonchev–Trinajstić information content (AvgIpc) is 1.81. The molecule has 4 heteroatoms. The maximum absolute atomic E-state index is 11.0. The third-order valence-electron chi connectivity index (χ3n) is 1.36. The van der Waals surface area contributed by atoms with Gasteiger partial charge in [-0.2, -0.15) is 0 Å². The highest BCUT2D eigenvalue weighted by Gasteiger charge is 2.34. The van der Waals surface area contributed by atoms with Gasteiger partial charge in [0.15, 0.2) is 0 Å². The predicted octanol–water partition coefficient (Wildman–Crippen LogP) is 0.155. The number of thioether (sulfide) groups is 1. The zero-order valence-corrected chi connectivity index (χ0v) is 6.75. The molecule has 0 atom stereocenters. The molecule has 0 aliphatic carbocycles. The Balaban J connectivity index is 2.70. The van der Waals surface area contributed by atoms with Crippen molar-refractivity contribution in [1.82, 2.24) is 5.32 Å². The highest BCUT2D eigenvalue weighted by atomic mass is 32.2. The Morgan fingerprint density at radius 2 is 2.10 bits per heavy atom. The number of hydrogen-bond donors (Lipinski definition) is 1. The van der Waals surface area contributed by atoms with Crippen LogP contribution in [-0.2, 0) is 9.59 Å². The Hall–Kier alpha value is -0.510. The number of carbonyl (C=O) groups excluding carboxylic acids is 2. The topological polar surface area (TPSA) is 46.2 Å². The SMILES string of the molecule is CC1(C)SCC(=O)NC1=O. The van der Waals surface area contributed by atoms with E-state index in [0.29, 0.717) is 5.75 Å². The summed E-state index contributed by atoms with van der Waals surface area (Å²) in [4.78, 5) is 21.6. The lowest BCUT2D eigenvalue weighted by Gasteiger charge is -2.26. The van der Waals surface area contributed by atoms with E-state index < -0.39 is 4.75 Å². The third kappa shape index (κ3) is 1.31. The van der Waals surface area contributed by atoms with Crippen molar-refractivity contribution in [3.63, 3.8) is 0 Å². The molecule has 0 bridgehead atoms. The Labute approximate surface area is 63.6 Å². The van der Waals surface area contributed by atoms with Crippen LogP contribution in [0.4, 0.5) is 0 Å². The van der Waals surface area contributed by atoms with Gasteiger partial charge < -0.3 is 0 Å². The van der Waals surface area contributed by atoms with Crippen molar-refractivity contribution in [1.29, 1.82) is 0 Å². The Bertz CT molecular complexity index is 188. The molecule has 2 amide bonds. The quantitative estimate of drug-likeness (QED) is 0.512. The van der Waals surface area contributed by atoms with Crippen LogP contribution in [0.15, 0.2) is 0 Å². The van der Waals surface area contributed by atoms with E-state index in [4.69, 9.17) is 0 Å². The van der Waals surface area contributed by atoms with Crippen molar-refractivity contribution in [2.45, 2.75) is 18.6 Å². The number of amides is 2. The summed E-state index contributed by atoms with van der Waals surface area (Å²) in [5.41, 5.74) is 0. The number of carbonyl (C=O) groups is 2. The number of nitrogens with one attached hydrogen (secondary N) is 1. The lowest BCUT2D eigenvalue weighted by molar-refractivity contribution is -0.130.